The van der Waals surface area contributed by atoms with Gasteiger partial charge in [-0.25, -0.2) is 4.68 Å². The van der Waals surface area contributed by atoms with Gasteiger partial charge in [0.1, 0.15) is 5.69 Å². The van der Waals surface area contributed by atoms with Gasteiger partial charge in [0.05, 0.1) is 12.2 Å². The highest BCUT2D eigenvalue weighted by molar-refractivity contribution is 5.92. The third-order valence-corrected chi connectivity index (χ3v) is 5.36. The first-order chi connectivity index (χ1) is 11.8. The van der Waals surface area contributed by atoms with Gasteiger partial charge in [-0.1, -0.05) is 24.5 Å². The quantitative estimate of drug-likeness (QED) is 0.939. The van der Waals surface area contributed by atoms with Gasteiger partial charge in [-0.3, -0.25) is 9.89 Å². The van der Waals surface area contributed by atoms with E-state index in [9.17, 15) is 4.79 Å². The number of aromatic amines is 1. The number of carbonyl (C=O) groups is 1. The minimum absolute atomic E-state index is 0.0260. The Balaban J connectivity index is 1.44. The Labute approximate surface area is 141 Å². The Morgan fingerprint density at radius 1 is 1.17 bits per heavy atom. The summed E-state index contributed by atoms with van der Waals surface area (Å²) in [5.74, 6) is 0.565. The molecule has 3 heterocycles. The highest BCUT2D eigenvalue weighted by atomic mass is 16.2. The molecule has 4 rings (SSSR count). The first-order valence-electron chi connectivity index (χ1n) is 9.01. The maximum absolute atomic E-state index is 12.8. The predicted molar refractivity (Wildman–Crippen MR) is 88.6 cm³/mol. The summed E-state index contributed by atoms with van der Waals surface area (Å²) in [5, 5.41) is 15.4. The lowest BCUT2D eigenvalue weighted by molar-refractivity contribution is 0.0666. The molecule has 1 saturated carbocycles. The van der Waals surface area contributed by atoms with Crippen LogP contribution in [0.2, 0.25) is 0 Å². The molecule has 1 saturated heterocycles. The maximum Gasteiger partial charge on any atom is 0.274 e. The zero-order valence-corrected chi connectivity index (χ0v) is 13.9. The summed E-state index contributed by atoms with van der Waals surface area (Å²) >= 11 is 0. The van der Waals surface area contributed by atoms with Gasteiger partial charge in [-0.05, 0) is 31.7 Å². The molecule has 1 unspecified atom stereocenters. The Bertz CT molecular complexity index is 673. The molecule has 0 radical (unpaired) electrons. The molecule has 2 fully saturated rings. The molecular formula is C17H24N6O. The van der Waals surface area contributed by atoms with Crippen molar-refractivity contribution in [3.63, 3.8) is 0 Å². The number of nitrogens with zero attached hydrogens (tertiary/aromatic N) is 5. The number of carbonyl (C=O) groups excluding carboxylic acids is 1. The normalized spacial score (nSPS) is 22.7. The SMILES string of the molecule is O=C(c1cc(C2CCCCC2)[nH]n1)N1CCCC(n2ccnn2)C1. The molecule has 128 valence electrons. The molecule has 7 nitrogen and oxygen atoms in total. The van der Waals surface area contributed by atoms with Gasteiger partial charge in [-0.15, -0.1) is 5.10 Å². The Kier molecular flexibility index (Phi) is 4.32. The van der Waals surface area contributed by atoms with Crippen LogP contribution in [0.15, 0.2) is 18.5 Å². The lowest BCUT2D eigenvalue weighted by atomic mass is 9.87. The van der Waals surface area contributed by atoms with Crippen molar-refractivity contribution in [1.82, 2.24) is 30.1 Å². The molecular weight excluding hydrogens is 304 g/mol. The van der Waals surface area contributed by atoms with Crippen LogP contribution in [0.4, 0.5) is 0 Å². The smallest absolute Gasteiger partial charge is 0.274 e. The van der Waals surface area contributed by atoms with E-state index in [-0.39, 0.29) is 11.9 Å². The number of piperidine rings is 1. The number of nitrogens with one attached hydrogen (secondary N) is 1. The molecule has 0 spiro atoms. The second-order valence-corrected chi connectivity index (χ2v) is 6.97. The number of hydrogen-bond acceptors (Lipinski definition) is 4. The van der Waals surface area contributed by atoms with Crippen LogP contribution < -0.4 is 0 Å². The summed E-state index contributed by atoms with van der Waals surface area (Å²) in [5.41, 5.74) is 1.68. The van der Waals surface area contributed by atoms with Crippen molar-refractivity contribution in [2.45, 2.75) is 56.9 Å². The minimum atomic E-state index is 0.0260. The molecule has 2 aromatic heterocycles. The van der Waals surface area contributed by atoms with Crippen molar-refractivity contribution in [2.24, 2.45) is 0 Å². The number of amides is 1. The van der Waals surface area contributed by atoms with E-state index >= 15 is 0 Å². The first kappa shape index (κ1) is 15.4. The molecule has 1 aliphatic heterocycles. The van der Waals surface area contributed by atoms with Gasteiger partial charge in [0, 0.05) is 30.9 Å². The summed E-state index contributed by atoms with van der Waals surface area (Å²) in [6.45, 7) is 1.46. The standard InChI is InChI=1S/C17H24N6O/c24-17(16-11-15(19-20-16)13-5-2-1-3-6-13)22-9-4-7-14(12-22)23-10-8-18-21-23/h8,10-11,13-14H,1-7,9,12H2,(H,19,20). The highest BCUT2D eigenvalue weighted by Gasteiger charge is 2.28. The molecule has 1 N–H and O–H groups in total. The zero-order valence-electron chi connectivity index (χ0n) is 13.9. The summed E-state index contributed by atoms with van der Waals surface area (Å²) < 4.78 is 1.86. The topological polar surface area (TPSA) is 79.7 Å². The van der Waals surface area contributed by atoms with Gasteiger partial charge in [-0.2, -0.15) is 5.10 Å². The van der Waals surface area contributed by atoms with E-state index in [0.29, 0.717) is 18.2 Å². The molecule has 1 aliphatic carbocycles. The number of likely N-dealkylation sites (tertiary alicyclic amines) is 1. The number of H-pyrrole nitrogens is 1. The van der Waals surface area contributed by atoms with Crippen molar-refractivity contribution < 1.29 is 4.79 Å². The number of aromatic nitrogens is 5. The van der Waals surface area contributed by atoms with Crippen LogP contribution >= 0.6 is 0 Å². The predicted octanol–water partition coefficient (Wildman–Crippen LogP) is 2.53. The Morgan fingerprint density at radius 3 is 2.83 bits per heavy atom. The largest absolute Gasteiger partial charge is 0.335 e. The van der Waals surface area contributed by atoms with Gasteiger partial charge >= 0.3 is 0 Å². The third-order valence-electron chi connectivity index (χ3n) is 5.36. The summed E-state index contributed by atoms with van der Waals surface area (Å²) in [4.78, 5) is 14.7. The average molecular weight is 328 g/mol. The molecule has 1 atom stereocenters. The lowest BCUT2D eigenvalue weighted by Crippen LogP contribution is -2.41. The van der Waals surface area contributed by atoms with Crippen LogP contribution in [0.25, 0.3) is 0 Å². The van der Waals surface area contributed by atoms with Gasteiger partial charge in [0.2, 0.25) is 0 Å². The third kappa shape index (κ3) is 3.07. The van der Waals surface area contributed by atoms with Crippen LogP contribution in [-0.4, -0.2) is 49.1 Å². The molecule has 1 amide bonds. The highest BCUT2D eigenvalue weighted by Crippen LogP contribution is 2.32. The maximum atomic E-state index is 12.8. The molecule has 24 heavy (non-hydrogen) atoms. The minimum Gasteiger partial charge on any atom is -0.335 e. The van der Waals surface area contributed by atoms with E-state index in [1.807, 2.05) is 21.8 Å². The van der Waals surface area contributed by atoms with Crippen molar-refractivity contribution in [2.75, 3.05) is 13.1 Å². The monoisotopic (exact) mass is 328 g/mol. The zero-order chi connectivity index (χ0) is 16.4. The molecule has 2 aliphatic rings. The number of hydrogen-bond donors (Lipinski definition) is 1. The molecule has 0 aromatic carbocycles. The van der Waals surface area contributed by atoms with Crippen molar-refractivity contribution in [1.29, 1.82) is 0 Å². The molecule has 7 heteroatoms. The van der Waals surface area contributed by atoms with E-state index in [2.05, 4.69) is 20.5 Å². The Hall–Kier alpha value is -2.18. The van der Waals surface area contributed by atoms with Crippen LogP contribution in [0.5, 0.6) is 0 Å². The van der Waals surface area contributed by atoms with Crippen molar-refractivity contribution >= 4 is 5.91 Å². The van der Waals surface area contributed by atoms with Crippen LogP contribution in [0.3, 0.4) is 0 Å². The van der Waals surface area contributed by atoms with Crippen LogP contribution in [-0.2, 0) is 0 Å². The number of rotatable bonds is 3. The molecule has 0 bridgehead atoms. The van der Waals surface area contributed by atoms with Gasteiger partial charge in [0.15, 0.2) is 0 Å². The van der Waals surface area contributed by atoms with Crippen molar-refractivity contribution in [3.8, 4) is 0 Å². The fraction of sp³-hybridized carbons (Fsp3) is 0.647. The van der Waals surface area contributed by atoms with E-state index in [0.717, 1.165) is 25.1 Å². The average Bonchev–Trinajstić information content (AvgIpc) is 3.34. The fourth-order valence-corrected chi connectivity index (χ4v) is 4.00. The van der Waals surface area contributed by atoms with E-state index in [1.54, 1.807) is 6.20 Å². The van der Waals surface area contributed by atoms with E-state index < -0.39 is 0 Å². The van der Waals surface area contributed by atoms with Crippen LogP contribution in [0, 0.1) is 0 Å². The second-order valence-electron chi connectivity index (χ2n) is 6.97. The van der Waals surface area contributed by atoms with Crippen molar-refractivity contribution in [3.05, 3.63) is 29.8 Å². The van der Waals surface area contributed by atoms with Crippen LogP contribution in [0.1, 0.15) is 73.1 Å². The van der Waals surface area contributed by atoms with E-state index in [1.165, 1.54) is 32.1 Å². The summed E-state index contributed by atoms with van der Waals surface area (Å²) in [6, 6.07) is 2.18. The summed E-state index contributed by atoms with van der Waals surface area (Å²) in [7, 11) is 0. The van der Waals surface area contributed by atoms with Gasteiger partial charge < -0.3 is 4.90 Å². The summed E-state index contributed by atoms with van der Waals surface area (Å²) in [6.07, 6.45) is 11.9. The Morgan fingerprint density at radius 2 is 2.04 bits per heavy atom. The first-order valence-corrected chi connectivity index (χ1v) is 9.01. The lowest BCUT2D eigenvalue weighted by Gasteiger charge is -2.32. The fourth-order valence-electron chi connectivity index (χ4n) is 4.00. The molecule has 2 aromatic rings. The second kappa shape index (κ2) is 6.75. The van der Waals surface area contributed by atoms with E-state index in [4.69, 9.17) is 0 Å². The van der Waals surface area contributed by atoms with Gasteiger partial charge in [0.25, 0.3) is 5.91 Å².